The third kappa shape index (κ3) is 4.11. The van der Waals surface area contributed by atoms with E-state index in [9.17, 15) is 22.8 Å². The quantitative estimate of drug-likeness (QED) is 0.583. The van der Waals surface area contributed by atoms with Crippen LogP contribution in [0.25, 0.3) is 0 Å². The molecule has 2 amide bonds. The monoisotopic (exact) mass is 480 g/mol. The van der Waals surface area contributed by atoms with Crippen molar-refractivity contribution in [1.82, 2.24) is 15.8 Å². The normalized spacial score (nSPS) is 22.7. The largest absolute Gasteiger partial charge is 0.493 e. The number of methoxy groups -OCH3 is 1. The molecule has 2 aliphatic rings. The Morgan fingerprint density at radius 3 is 2.48 bits per heavy atom. The SMILES string of the molecule is COc1c(Cl)cccc1NC(=O)C1=C(C)NC2C(c3ccccc3)C(C(F)(F)F)NN2C1=O. The van der Waals surface area contributed by atoms with Gasteiger partial charge in [-0.05, 0) is 24.6 Å². The third-order valence-electron chi connectivity index (χ3n) is 5.61. The van der Waals surface area contributed by atoms with Gasteiger partial charge in [-0.15, -0.1) is 0 Å². The van der Waals surface area contributed by atoms with Crippen LogP contribution in [0.3, 0.4) is 0 Å². The van der Waals surface area contributed by atoms with E-state index >= 15 is 0 Å². The zero-order valence-corrected chi connectivity index (χ0v) is 18.3. The zero-order valence-electron chi connectivity index (χ0n) is 17.5. The van der Waals surface area contributed by atoms with Crippen LogP contribution in [0.15, 0.2) is 59.8 Å². The average molecular weight is 481 g/mol. The highest BCUT2D eigenvalue weighted by Crippen LogP contribution is 2.41. The van der Waals surface area contributed by atoms with Gasteiger partial charge in [0.1, 0.15) is 17.8 Å². The molecule has 0 saturated carbocycles. The summed E-state index contributed by atoms with van der Waals surface area (Å²) in [5.74, 6) is -2.61. The Labute approximate surface area is 192 Å². The Morgan fingerprint density at radius 2 is 1.85 bits per heavy atom. The van der Waals surface area contributed by atoms with Gasteiger partial charge >= 0.3 is 6.18 Å². The summed E-state index contributed by atoms with van der Waals surface area (Å²) in [7, 11) is 1.37. The summed E-state index contributed by atoms with van der Waals surface area (Å²) in [5.41, 5.74) is 2.73. The van der Waals surface area contributed by atoms with Gasteiger partial charge in [-0.25, -0.2) is 10.4 Å². The first-order chi connectivity index (χ1) is 15.6. The topological polar surface area (TPSA) is 82.7 Å². The number of benzene rings is 2. The number of hydrazine groups is 1. The first-order valence-electron chi connectivity index (χ1n) is 9.96. The molecule has 33 heavy (non-hydrogen) atoms. The molecule has 1 fully saturated rings. The molecule has 2 aromatic rings. The van der Waals surface area contributed by atoms with Gasteiger partial charge in [0.25, 0.3) is 11.8 Å². The van der Waals surface area contributed by atoms with E-state index < -0.39 is 36.1 Å². The number of hydrogen-bond donors (Lipinski definition) is 3. The minimum atomic E-state index is -4.63. The predicted molar refractivity (Wildman–Crippen MR) is 115 cm³/mol. The lowest BCUT2D eigenvalue weighted by Gasteiger charge is -2.34. The molecule has 0 radical (unpaired) electrons. The smallest absolute Gasteiger partial charge is 0.406 e. The first kappa shape index (κ1) is 22.9. The fourth-order valence-electron chi connectivity index (χ4n) is 4.16. The van der Waals surface area contributed by atoms with Gasteiger partial charge in [0, 0.05) is 5.70 Å². The number of allylic oxidation sites excluding steroid dienone is 1. The summed E-state index contributed by atoms with van der Waals surface area (Å²) in [6.45, 7) is 1.47. The molecule has 3 unspecified atom stereocenters. The first-order valence-corrected chi connectivity index (χ1v) is 10.3. The molecule has 7 nitrogen and oxygen atoms in total. The summed E-state index contributed by atoms with van der Waals surface area (Å²) < 4.78 is 46.8. The van der Waals surface area contributed by atoms with Crippen molar-refractivity contribution in [3.63, 3.8) is 0 Å². The lowest BCUT2D eigenvalue weighted by molar-refractivity contribution is -0.161. The Kier molecular flexibility index (Phi) is 5.98. The fraction of sp³-hybridized carbons (Fsp3) is 0.273. The molecule has 2 aromatic carbocycles. The molecule has 174 valence electrons. The summed E-state index contributed by atoms with van der Waals surface area (Å²) in [5, 5.41) is 6.56. The molecule has 4 rings (SSSR count). The number of anilines is 1. The van der Waals surface area contributed by atoms with Gasteiger partial charge in [0.2, 0.25) is 0 Å². The highest BCUT2D eigenvalue weighted by molar-refractivity contribution is 6.33. The second kappa shape index (κ2) is 8.60. The molecule has 0 aliphatic carbocycles. The van der Waals surface area contributed by atoms with Gasteiger partial charge in [-0.3, -0.25) is 9.59 Å². The van der Waals surface area contributed by atoms with Crippen molar-refractivity contribution in [2.75, 3.05) is 12.4 Å². The van der Waals surface area contributed by atoms with Crippen LogP contribution >= 0.6 is 11.6 Å². The van der Waals surface area contributed by atoms with Crippen LogP contribution < -0.4 is 20.8 Å². The van der Waals surface area contributed by atoms with E-state index in [1.807, 2.05) is 0 Å². The van der Waals surface area contributed by atoms with E-state index in [-0.39, 0.29) is 27.7 Å². The second-order valence-corrected chi connectivity index (χ2v) is 8.03. The van der Waals surface area contributed by atoms with Gasteiger partial charge in [-0.2, -0.15) is 13.2 Å². The number of para-hydroxylation sites is 1. The summed E-state index contributed by atoms with van der Waals surface area (Å²) >= 11 is 6.07. The minimum Gasteiger partial charge on any atom is -0.493 e. The van der Waals surface area contributed by atoms with Crippen molar-refractivity contribution >= 4 is 29.1 Å². The number of nitrogens with zero attached hydrogens (tertiary/aromatic N) is 1. The summed E-state index contributed by atoms with van der Waals surface area (Å²) in [6.07, 6.45) is -5.67. The van der Waals surface area contributed by atoms with Gasteiger partial charge in [0.05, 0.1) is 23.7 Å². The Morgan fingerprint density at radius 1 is 1.15 bits per heavy atom. The minimum absolute atomic E-state index is 0.158. The van der Waals surface area contributed by atoms with Gasteiger partial charge in [-0.1, -0.05) is 48.0 Å². The summed E-state index contributed by atoms with van der Waals surface area (Å²) in [6, 6.07) is 10.8. The van der Waals surface area contributed by atoms with Crippen LogP contribution in [-0.4, -0.2) is 42.3 Å². The van der Waals surface area contributed by atoms with E-state index in [0.29, 0.717) is 5.56 Å². The number of nitrogens with one attached hydrogen (secondary N) is 3. The molecular weight excluding hydrogens is 461 g/mol. The molecule has 1 saturated heterocycles. The number of rotatable bonds is 4. The van der Waals surface area contributed by atoms with Crippen LogP contribution in [0.5, 0.6) is 5.75 Å². The third-order valence-corrected chi connectivity index (χ3v) is 5.91. The number of alkyl halides is 3. The second-order valence-electron chi connectivity index (χ2n) is 7.62. The zero-order chi connectivity index (χ0) is 23.9. The molecule has 3 atom stereocenters. The van der Waals surface area contributed by atoms with Crippen LogP contribution in [-0.2, 0) is 9.59 Å². The van der Waals surface area contributed by atoms with Crippen molar-refractivity contribution < 1.29 is 27.5 Å². The molecule has 2 heterocycles. The van der Waals surface area contributed by atoms with Crippen molar-refractivity contribution in [3.05, 3.63) is 70.4 Å². The maximum absolute atomic E-state index is 13.9. The van der Waals surface area contributed by atoms with E-state index in [2.05, 4.69) is 16.1 Å². The summed E-state index contributed by atoms with van der Waals surface area (Å²) in [4.78, 5) is 26.2. The number of halogens is 4. The molecule has 11 heteroatoms. The maximum Gasteiger partial charge on any atom is 0.406 e. The van der Waals surface area contributed by atoms with Gasteiger partial charge in [0.15, 0.2) is 5.75 Å². The fourth-order valence-corrected chi connectivity index (χ4v) is 4.41. The van der Waals surface area contributed by atoms with Crippen LogP contribution in [0.2, 0.25) is 5.02 Å². The number of fused-ring (bicyclic) bond motifs is 1. The Hall–Kier alpha value is -3.24. The van der Waals surface area contributed by atoms with E-state index in [4.69, 9.17) is 16.3 Å². The molecule has 0 aromatic heterocycles. The molecule has 2 aliphatic heterocycles. The Bertz CT molecular complexity index is 1120. The van der Waals surface area contributed by atoms with Crippen molar-refractivity contribution in [2.24, 2.45) is 0 Å². The molecular formula is C22H20ClF3N4O3. The van der Waals surface area contributed by atoms with Crippen LogP contribution in [0, 0.1) is 0 Å². The van der Waals surface area contributed by atoms with Gasteiger partial charge < -0.3 is 15.4 Å². The van der Waals surface area contributed by atoms with Crippen molar-refractivity contribution in [2.45, 2.75) is 31.2 Å². The van der Waals surface area contributed by atoms with Crippen molar-refractivity contribution in [1.29, 1.82) is 0 Å². The van der Waals surface area contributed by atoms with Crippen molar-refractivity contribution in [3.8, 4) is 5.75 Å². The number of carbonyl (C=O) groups is 2. The van der Waals surface area contributed by atoms with E-state index in [0.717, 1.165) is 5.01 Å². The van der Waals surface area contributed by atoms with E-state index in [1.54, 1.807) is 42.5 Å². The number of carbonyl (C=O) groups excluding carboxylic acids is 2. The lowest BCUT2D eigenvalue weighted by Crippen LogP contribution is -2.56. The Balaban J connectivity index is 1.67. The number of hydrogen-bond acceptors (Lipinski definition) is 5. The highest BCUT2D eigenvalue weighted by atomic mass is 35.5. The van der Waals surface area contributed by atoms with E-state index in [1.165, 1.54) is 20.1 Å². The lowest BCUT2D eigenvalue weighted by atomic mass is 9.89. The number of amides is 2. The average Bonchev–Trinajstić information content (AvgIpc) is 3.15. The molecule has 0 bridgehead atoms. The highest BCUT2D eigenvalue weighted by Gasteiger charge is 2.58. The number of ether oxygens (including phenoxy) is 1. The maximum atomic E-state index is 13.9. The molecule has 3 N–H and O–H groups in total. The molecule has 0 spiro atoms. The predicted octanol–water partition coefficient (Wildman–Crippen LogP) is 3.55. The standard InChI is InChI=1S/C22H20ClF3N4O3/c1-11-15(20(31)28-14-10-6-9-13(23)17(14)33-2)21(32)30-19(27-11)16(12-7-4-3-5-8-12)18(29-30)22(24,25)26/h3-10,16,18-19,27,29H,1-2H3,(H,28,31). The van der Waals surface area contributed by atoms with Crippen LogP contribution in [0.1, 0.15) is 18.4 Å². The van der Waals surface area contributed by atoms with Crippen LogP contribution in [0.4, 0.5) is 18.9 Å².